The summed E-state index contributed by atoms with van der Waals surface area (Å²) in [4.78, 5) is 12.3. The van der Waals surface area contributed by atoms with Crippen molar-refractivity contribution in [3.05, 3.63) is 0 Å². The van der Waals surface area contributed by atoms with Gasteiger partial charge in [-0.2, -0.15) is 5.26 Å². The highest BCUT2D eigenvalue weighted by molar-refractivity contribution is 5.80. The van der Waals surface area contributed by atoms with Crippen LogP contribution in [-0.2, 0) is 4.79 Å². The van der Waals surface area contributed by atoms with Crippen molar-refractivity contribution in [3.63, 3.8) is 0 Å². The Morgan fingerprint density at radius 2 is 1.85 bits per heavy atom. The van der Waals surface area contributed by atoms with E-state index in [0.717, 1.165) is 55.8 Å². The zero-order valence-corrected chi connectivity index (χ0v) is 17.3. The first-order chi connectivity index (χ1) is 12.3. The second-order valence-corrected chi connectivity index (χ2v) is 11.1. The standard InChI is InChI=1S/C24H37NO/c1-16-14-19-20-8-7-17(6-5-13-25)22(20,2)11-10-21(19)23(3)12-9-18(26)15-24(16,23)4/h16-17,19-21H,5-12,14-15H2,1-4H3. The maximum atomic E-state index is 12.3. The number of carbonyl (C=O) groups is 1. The van der Waals surface area contributed by atoms with Crippen LogP contribution in [0.4, 0.5) is 0 Å². The molecule has 8 atom stereocenters. The van der Waals surface area contributed by atoms with Crippen molar-refractivity contribution in [2.75, 3.05) is 0 Å². The number of hydrogen-bond acceptors (Lipinski definition) is 2. The molecule has 0 amide bonds. The summed E-state index contributed by atoms with van der Waals surface area (Å²) < 4.78 is 0. The Hall–Kier alpha value is -0.840. The maximum absolute atomic E-state index is 12.3. The largest absolute Gasteiger partial charge is 0.300 e. The predicted molar refractivity (Wildman–Crippen MR) is 104 cm³/mol. The summed E-state index contributed by atoms with van der Waals surface area (Å²) in [6.45, 7) is 10.0. The van der Waals surface area contributed by atoms with Crippen molar-refractivity contribution in [1.82, 2.24) is 0 Å². The second kappa shape index (κ2) is 6.08. The molecule has 0 N–H and O–H groups in total. The molecule has 4 fully saturated rings. The van der Waals surface area contributed by atoms with Gasteiger partial charge in [-0.1, -0.05) is 27.7 Å². The predicted octanol–water partition coefficient (Wildman–Crippen LogP) is 6.15. The van der Waals surface area contributed by atoms with Gasteiger partial charge in [-0.3, -0.25) is 4.79 Å². The van der Waals surface area contributed by atoms with E-state index < -0.39 is 0 Å². The van der Waals surface area contributed by atoms with Gasteiger partial charge in [-0.25, -0.2) is 0 Å². The zero-order valence-electron chi connectivity index (χ0n) is 17.3. The Bertz CT molecular complexity index is 635. The SMILES string of the molecule is CC1CC2C3CCC(CCC#N)C3(C)CCC2C2(C)CCC(=O)CC12C. The second-order valence-electron chi connectivity index (χ2n) is 11.1. The van der Waals surface area contributed by atoms with Crippen LogP contribution in [0.25, 0.3) is 0 Å². The topological polar surface area (TPSA) is 40.9 Å². The minimum absolute atomic E-state index is 0.204. The number of nitrogens with zero attached hydrogens (tertiary/aromatic N) is 1. The van der Waals surface area contributed by atoms with Gasteiger partial charge in [0.1, 0.15) is 5.78 Å². The average molecular weight is 356 g/mol. The number of hydrogen-bond donors (Lipinski definition) is 0. The molecule has 4 aliphatic rings. The summed E-state index contributed by atoms with van der Waals surface area (Å²) in [5.41, 5.74) is 1.01. The first-order valence-corrected chi connectivity index (χ1v) is 11.1. The Morgan fingerprint density at radius 1 is 1.08 bits per heavy atom. The molecule has 144 valence electrons. The molecule has 0 saturated heterocycles. The maximum Gasteiger partial charge on any atom is 0.133 e. The summed E-state index contributed by atoms with van der Waals surface area (Å²) in [7, 11) is 0. The van der Waals surface area contributed by atoms with Gasteiger partial charge in [-0.15, -0.1) is 0 Å². The van der Waals surface area contributed by atoms with Crippen molar-refractivity contribution in [1.29, 1.82) is 5.26 Å². The number of rotatable bonds is 2. The smallest absolute Gasteiger partial charge is 0.133 e. The molecule has 4 rings (SSSR count). The fraction of sp³-hybridized carbons (Fsp3) is 0.917. The molecule has 0 radical (unpaired) electrons. The van der Waals surface area contributed by atoms with Crippen LogP contribution < -0.4 is 0 Å². The van der Waals surface area contributed by atoms with Crippen LogP contribution in [-0.4, -0.2) is 5.78 Å². The van der Waals surface area contributed by atoms with E-state index in [2.05, 4.69) is 33.8 Å². The van der Waals surface area contributed by atoms with E-state index in [4.69, 9.17) is 5.26 Å². The molecule has 0 aromatic carbocycles. The van der Waals surface area contributed by atoms with Gasteiger partial charge in [0.05, 0.1) is 6.07 Å². The highest BCUT2D eigenvalue weighted by atomic mass is 16.1. The van der Waals surface area contributed by atoms with Gasteiger partial charge >= 0.3 is 0 Å². The molecule has 2 heteroatoms. The minimum Gasteiger partial charge on any atom is -0.300 e. The molecular weight excluding hydrogens is 318 g/mol. The molecule has 0 aliphatic heterocycles. The molecule has 26 heavy (non-hydrogen) atoms. The van der Waals surface area contributed by atoms with Gasteiger partial charge in [0.2, 0.25) is 0 Å². The van der Waals surface area contributed by atoms with Gasteiger partial charge in [0.25, 0.3) is 0 Å². The third kappa shape index (κ3) is 2.31. The van der Waals surface area contributed by atoms with Crippen LogP contribution in [0.5, 0.6) is 0 Å². The van der Waals surface area contributed by atoms with Crippen molar-refractivity contribution in [2.45, 2.75) is 91.9 Å². The Morgan fingerprint density at radius 3 is 2.58 bits per heavy atom. The van der Waals surface area contributed by atoms with E-state index in [9.17, 15) is 4.79 Å². The van der Waals surface area contributed by atoms with E-state index in [1.54, 1.807) is 0 Å². The molecule has 0 aromatic heterocycles. The van der Waals surface area contributed by atoms with Crippen LogP contribution in [0.3, 0.4) is 0 Å². The Labute approximate surface area is 160 Å². The lowest BCUT2D eigenvalue weighted by Gasteiger charge is -2.66. The highest BCUT2D eigenvalue weighted by Gasteiger charge is 2.64. The van der Waals surface area contributed by atoms with Gasteiger partial charge in [-0.05, 0) is 90.8 Å². The van der Waals surface area contributed by atoms with Crippen molar-refractivity contribution >= 4 is 5.78 Å². The van der Waals surface area contributed by atoms with Crippen LogP contribution in [0.2, 0.25) is 0 Å². The van der Waals surface area contributed by atoms with Crippen LogP contribution in [0.1, 0.15) is 91.9 Å². The average Bonchev–Trinajstić information content (AvgIpc) is 2.93. The molecule has 4 aliphatic carbocycles. The lowest BCUT2D eigenvalue weighted by Crippen LogP contribution is -2.60. The molecule has 4 saturated carbocycles. The van der Waals surface area contributed by atoms with E-state index in [1.165, 1.54) is 32.1 Å². The molecule has 0 aromatic rings. The van der Waals surface area contributed by atoms with E-state index in [1.807, 2.05) is 0 Å². The molecule has 2 nitrogen and oxygen atoms in total. The number of fused-ring (bicyclic) bond motifs is 5. The van der Waals surface area contributed by atoms with E-state index in [0.29, 0.717) is 22.5 Å². The monoisotopic (exact) mass is 355 g/mol. The van der Waals surface area contributed by atoms with Crippen molar-refractivity contribution < 1.29 is 4.79 Å². The van der Waals surface area contributed by atoms with Crippen molar-refractivity contribution in [3.8, 4) is 6.07 Å². The lowest BCUT2D eigenvalue weighted by atomic mass is 9.38. The third-order valence-electron chi connectivity index (χ3n) is 10.6. The zero-order chi connectivity index (χ0) is 18.7. The highest BCUT2D eigenvalue weighted by Crippen LogP contribution is 2.71. The van der Waals surface area contributed by atoms with Crippen molar-refractivity contribution in [2.24, 2.45) is 45.8 Å². The lowest BCUT2D eigenvalue weighted by molar-refractivity contribution is -0.182. The number of carbonyl (C=O) groups excluding carboxylic acids is 1. The first kappa shape index (κ1) is 18.5. The first-order valence-electron chi connectivity index (χ1n) is 11.1. The third-order valence-corrected chi connectivity index (χ3v) is 10.6. The van der Waals surface area contributed by atoms with Crippen LogP contribution >= 0.6 is 0 Å². The number of Topliss-reactive ketones (excluding diaryl/α,β-unsaturated/α-hetero) is 1. The fourth-order valence-electron chi connectivity index (χ4n) is 8.63. The molecule has 0 heterocycles. The van der Waals surface area contributed by atoms with Gasteiger partial charge in [0, 0.05) is 19.3 Å². The summed E-state index contributed by atoms with van der Waals surface area (Å²) >= 11 is 0. The van der Waals surface area contributed by atoms with Gasteiger partial charge in [0.15, 0.2) is 0 Å². The number of nitriles is 1. The normalized spacial score (nSPS) is 53.3. The summed E-state index contributed by atoms with van der Waals surface area (Å²) in [5, 5.41) is 9.06. The quantitative estimate of drug-likeness (QED) is 0.595. The minimum atomic E-state index is 0.204. The molecule has 8 unspecified atom stereocenters. The van der Waals surface area contributed by atoms with E-state index in [-0.39, 0.29) is 5.41 Å². The summed E-state index contributed by atoms with van der Waals surface area (Å²) in [6, 6.07) is 2.39. The fourth-order valence-corrected chi connectivity index (χ4v) is 8.63. The Balaban J connectivity index is 1.64. The van der Waals surface area contributed by atoms with E-state index >= 15 is 0 Å². The summed E-state index contributed by atoms with van der Waals surface area (Å²) in [6.07, 6.45) is 11.4. The van der Waals surface area contributed by atoms with Crippen LogP contribution in [0.15, 0.2) is 0 Å². The van der Waals surface area contributed by atoms with Crippen LogP contribution in [0, 0.1) is 57.2 Å². The summed E-state index contributed by atoms with van der Waals surface area (Å²) in [5.74, 6) is 4.43. The van der Waals surface area contributed by atoms with Gasteiger partial charge < -0.3 is 0 Å². The Kier molecular flexibility index (Phi) is 4.33. The molecular formula is C24H37NO. The number of ketones is 1. The molecule has 0 spiro atoms. The molecule has 0 bridgehead atoms.